The summed E-state index contributed by atoms with van der Waals surface area (Å²) in [7, 11) is 1.65. The summed E-state index contributed by atoms with van der Waals surface area (Å²) in [5.74, 6) is 0.662. The van der Waals surface area contributed by atoms with E-state index in [2.05, 4.69) is 5.32 Å². The monoisotopic (exact) mass is 445 g/mol. The summed E-state index contributed by atoms with van der Waals surface area (Å²) < 4.78 is 10.9. The fraction of sp³-hybridized carbons (Fsp3) is 0.500. The van der Waals surface area contributed by atoms with Crippen LogP contribution in [0.1, 0.15) is 38.3 Å². The fourth-order valence-corrected chi connectivity index (χ4v) is 2.83. The number of benzene rings is 2. The molecule has 2 aromatic carbocycles. The second-order valence-electron chi connectivity index (χ2n) is 8.30. The lowest BCUT2D eigenvalue weighted by Gasteiger charge is -2.21. The van der Waals surface area contributed by atoms with Gasteiger partial charge in [0, 0.05) is 20.1 Å². The van der Waals surface area contributed by atoms with Gasteiger partial charge in [0.05, 0.1) is 25.4 Å². The average Bonchev–Trinajstić information content (AvgIpc) is 2.78. The van der Waals surface area contributed by atoms with Crippen molar-refractivity contribution in [2.45, 2.75) is 52.2 Å². The van der Waals surface area contributed by atoms with Crippen molar-refractivity contribution in [3.05, 3.63) is 65.7 Å². The highest BCUT2D eigenvalue weighted by molar-refractivity contribution is 5.76. The summed E-state index contributed by atoms with van der Waals surface area (Å²) in [5.41, 5.74) is 2.18. The van der Waals surface area contributed by atoms with Gasteiger partial charge in [-0.1, -0.05) is 56.3 Å². The third-order valence-corrected chi connectivity index (χ3v) is 4.62. The van der Waals surface area contributed by atoms with Crippen molar-refractivity contribution in [2.75, 3.05) is 26.9 Å². The van der Waals surface area contributed by atoms with Gasteiger partial charge in [-0.05, 0) is 48.9 Å². The maximum absolute atomic E-state index is 12.4. The molecule has 2 aromatic rings. The summed E-state index contributed by atoms with van der Waals surface area (Å²) in [6.07, 6.45) is 1.71. The number of amides is 1. The molecular weight excluding hydrogens is 406 g/mol. The molecule has 0 aromatic heterocycles. The zero-order valence-corrected chi connectivity index (χ0v) is 19.8. The smallest absolute Gasteiger partial charge is 0.220 e. The normalized spacial score (nSPS) is 12.6. The van der Waals surface area contributed by atoms with E-state index in [4.69, 9.17) is 14.6 Å². The molecule has 32 heavy (non-hydrogen) atoms. The number of hydrogen-bond acceptors (Lipinski definition) is 5. The molecule has 0 aliphatic rings. The molecule has 0 heterocycles. The number of rotatable bonds is 12. The highest BCUT2D eigenvalue weighted by atomic mass is 16.5. The first kappa shape index (κ1) is 27.6. The fourth-order valence-electron chi connectivity index (χ4n) is 2.83. The molecule has 6 nitrogen and oxygen atoms in total. The summed E-state index contributed by atoms with van der Waals surface area (Å²) >= 11 is 0. The van der Waals surface area contributed by atoms with E-state index in [0.29, 0.717) is 45.0 Å². The van der Waals surface area contributed by atoms with Gasteiger partial charge in [-0.2, -0.15) is 0 Å². The van der Waals surface area contributed by atoms with E-state index in [1.165, 1.54) is 0 Å². The van der Waals surface area contributed by atoms with Gasteiger partial charge in [0.25, 0.3) is 0 Å². The summed E-state index contributed by atoms with van der Waals surface area (Å²) in [4.78, 5) is 12.4. The molecule has 2 unspecified atom stereocenters. The van der Waals surface area contributed by atoms with Crippen LogP contribution in [-0.2, 0) is 27.1 Å². The van der Waals surface area contributed by atoms with Gasteiger partial charge in [-0.3, -0.25) is 4.79 Å². The SMILES string of the molecule is CC(C)CO.COCC(C)OCC(Cc1ccccc1)NC(=O)CCc1ccc(O)cc1. The molecule has 2 rings (SSSR count). The van der Waals surface area contributed by atoms with Crippen molar-refractivity contribution in [1.29, 1.82) is 0 Å². The van der Waals surface area contributed by atoms with Gasteiger partial charge in [0.1, 0.15) is 5.75 Å². The van der Waals surface area contributed by atoms with Crippen molar-refractivity contribution in [1.82, 2.24) is 5.32 Å². The standard InChI is InChI=1S/C22H29NO4.C4H10O/c1-17(15-26-2)27-16-20(14-19-6-4-3-5-7-19)23-22(25)13-10-18-8-11-21(24)12-9-18;1-4(2)3-5/h3-9,11-12,17,20,24H,10,13-16H2,1-2H3,(H,23,25);4-5H,3H2,1-2H3. The van der Waals surface area contributed by atoms with Crippen LogP contribution in [-0.4, -0.2) is 55.2 Å². The quantitative estimate of drug-likeness (QED) is 0.463. The van der Waals surface area contributed by atoms with Gasteiger partial charge in [-0.25, -0.2) is 0 Å². The minimum Gasteiger partial charge on any atom is -0.508 e. The van der Waals surface area contributed by atoms with Crippen molar-refractivity contribution in [3.8, 4) is 5.75 Å². The first-order valence-electron chi connectivity index (χ1n) is 11.2. The maximum atomic E-state index is 12.4. The van der Waals surface area contributed by atoms with Gasteiger partial charge < -0.3 is 25.0 Å². The third kappa shape index (κ3) is 13.1. The number of phenols is 1. The zero-order chi connectivity index (χ0) is 23.8. The Morgan fingerprint density at radius 2 is 1.59 bits per heavy atom. The van der Waals surface area contributed by atoms with Gasteiger partial charge in [0.15, 0.2) is 0 Å². The van der Waals surface area contributed by atoms with Crippen LogP contribution in [0.15, 0.2) is 54.6 Å². The van der Waals surface area contributed by atoms with Crippen LogP contribution in [0.2, 0.25) is 0 Å². The molecule has 178 valence electrons. The minimum atomic E-state index is -0.0981. The lowest BCUT2D eigenvalue weighted by atomic mass is 10.1. The highest BCUT2D eigenvalue weighted by Crippen LogP contribution is 2.11. The Bertz CT molecular complexity index is 734. The molecule has 1 amide bonds. The first-order chi connectivity index (χ1) is 15.3. The van der Waals surface area contributed by atoms with Crippen molar-refractivity contribution >= 4 is 5.91 Å². The molecule has 0 bridgehead atoms. The number of aliphatic hydroxyl groups excluding tert-OH is 1. The Labute approximate surface area is 192 Å². The zero-order valence-electron chi connectivity index (χ0n) is 19.8. The molecule has 0 radical (unpaired) electrons. The molecule has 0 saturated carbocycles. The van der Waals surface area contributed by atoms with E-state index in [0.717, 1.165) is 11.1 Å². The molecule has 2 atom stereocenters. The molecule has 3 N–H and O–H groups in total. The summed E-state index contributed by atoms with van der Waals surface area (Å²) in [6.45, 7) is 7.16. The van der Waals surface area contributed by atoms with Crippen LogP contribution in [0.4, 0.5) is 0 Å². The van der Waals surface area contributed by atoms with E-state index < -0.39 is 0 Å². The second-order valence-corrected chi connectivity index (χ2v) is 8.30. The van der Waals surface area contributed by atoms with Crippen LogP contribution in [0.25, 0.3) is 0 Å². The number of hydrogen-bond donors (Lipinski definition) is 3. The van der Waals surface area contributed by atoms with Gasteiger partial charge in [0.2, 0.25) is 5.91 Å². The van der Waals surface area contributed by atoms with Crippen molar-refractivity contribution in [3.63, 3.8) is 0 Å². The van der Waals surface area contributed by atoms with E-state index in [-0.39, 0.29) is 23.8 Å². The highest BCUT2D eigenvalue weighted by Gasteiger charge is 2.15. The number of aryl methyl sites for hydroxylation is 1. The maximum Gasteiger partial charge on any atom is 0.220 e. The number of nitrogens with one attached hydrogen (secondary N) is 1. The lowest BCUT2D eigenvalue weighted by molar-refractivity contribution is -0.122. The minimum absolute atomic E-state index is 0.00741. The second kappa shape index (κ2) is 16.3. The Kier molecular flexibility index (Phi) is 14.0. The lowest BCUT2D eigenvalue weighted by Crippen LogP contribution is -2.41. The Morgan fingerprint density at radius 1 is 0.969 bits per heavy atom. The number of aromatic hydroxyl groups is 1. The summed E-state index contributed by atoms with van der Waals surface area (Å²) in [6, 6.07) is 16.9. The topological polar surface area (TPSA) is 88.0 Å². The van der Waals surface area contributed by atoms with E-state index in [1.54, 1.807) is 19.2 Å². The van der Waals surface area contributed by atoms with Crippen LogP contribution < -0.4 is 5.32 Å². The molecule has 0 fully saturated rings. The number of ether oxygens (including phenoxy) is 2. The van der Waals surface area contributed by atoms with E-state index in [9.17, 15) is 9.90 Å². The van der Waals surface area contributed by atoms with E-state index in [1.807, 2.05) is 63.2 Å². The molecule has 0 saturated heterocycles. The van der Waals surface area contributed by atoms with Crippen molar-refractivity contribution in [2.24, 2.45) is 5.92 Å². The molecule has 6 heteroatoms. The number of methoxy groups -OCH3 is 1. The molecule has 0 aliphatic heterocycles. The Hall–Kier alpha value is -2.41. The average molecular weight is 446 g/mol. The van der Waals surface area contributed by atoms with E-state index >= 15 is 0 Å². The van der Waals surface area contributed by atoms with Crippen LogP contribution in [0, 0.1) is 5.92 Å². The molecule has 0 aliphatic carbocycles. The Balaban J connectivity index is 0.000000920. The number of carbonyl (C=O) groups excluding carboxylic acids is 1. The predicted octanol–water partition coefficient (Wildman–Crippen LogP) is 3.74. The number of phenolic OH excluding ortho intramolecular Hbond substituents is 1. The summed E-state index contributed by atoms with van der Waals surface area (Å²) in [5, 5.41) is 20.6. The molecular formula is C26H39NO5. The van der Waals surface area contributed by atoms with Crippen LogP contribution in [0.3, 0.4) is 0 Å². The van der Waals surface area contributed by atoms with Gasteiger partial charge >= 0.3 is 0 Å². The predicted molar refractivity (Wildman–Crippen MR) is 128 cm³/mol. The largest absolute Gasteiger partial charge is 0.508 e. The Morgan fingerprint density at radius 3 is 2.16 bits per heavy atom. The number of aliphatic hydroxyl groups is 1. The van der Waals surface area contributed by atoms with Gasteiger partial charge in [-0.15, -0.1) is 0 Å². The molecule has 0 spiro atoms. The third-order valence-electron chi connectivity index (χ3n) is 4.62. The van der Waals surface area contributed by atoms with Crippen LogP contribution >= 0.6 is 0 Å². The van der Waals surface area contributed by atoms with Crippen molar-refractivity contribution < 1.29 is 24.5 Å². The number of carbonyl (C=O) groups is 1. The van der Waals surface area contributed by atoms with Crippen LogP contribution in [0.5, 0.6) is 5.75 Å². The first-order valence-corrected chi connectivity index (χ1v) is 11.2.